The van der Waals surface area contributed by atoms with E-state index in [0.717, 1.165) is 29.7 Å². The lowest BCUT2D eigenvalue weighted by molar-refractivity contribution is 0.0260. The maximum atomic E-state index is 13.1. The summed E-state index contributed by atoms with van der Waals surface area (Å²) in [5, 5.41) is 10.8. The zero-order valence-electron chi connectivity index (χ0n) is 18.0. The monoisotopic (exact) mass is 506 g/mol. The van der Waals surface area contributed by atoms with Crippen molar-refractivity contribution in [2.24, 2.45) is 0 Å². The van der Waals surface area contributed by atoms with Crippen molar-refractivity contribution in [3.05, 3.63) is 64.7 Å². The van der Waals surface area contributed by atoms with Crippen LogP contribution in [0.15, 0.2) is 52.9 Å². The minimum Gasteiger partial charge on any atom is -0.487 e. The van der Waals surface area contributed by atoms with E-state index in [1.165, 1.54) is 0 Å². The normalized spacial score (nSPS) is 17.1. The predicted molar refractivity (Wildman–Crippen MR) is 127 cm³/mol. The quantitative estimate of drug-likeness (QED) is 0.445. The van der Waals surface area contributed by atoms with Gasteiger partial charge in [-0.25, -0.2) is 13.1 Å². The molecule has 1 amide bonds. The summed E-state index contributed by atoms with van der Waals surface area (Å²) in [6.07, 6.45) is 1.99. The van der Waals surface area contributed by atoms with Crippen LogP contribution in [0, 0.1) is 0 Å². The zero-order valence-corrected chi connectivity index (χ0v) is 20.4. The van der Waals surface area contributed by atoms with Gasteiger partial charge < -0.3 is 4.74 Å². The van der Waals surface area contributed by atoms with Crippen molar-refractivity contribution >= 4 is 44.0 Å². The number of anilines is 1. The van der Waals surface area contributed by atoms with Crippen molar-refractivity contribution in [2.75, 3.05) is 5.32 Å². The first-order valence-corrected chi connectivity index (χ1v) is 13.1. The molecule has 3 aromatic rings. The van der Waals surface area contributed by atoms with Gasteiger partial charge in [-0.15, -0.1) is 10.2 Å². The molecule has 0 bridgehead atoms. The number of fused-ring (bicyclic) bond motifs is 1. The number of nitrogens with one attached hydrogen (secondary N) is 2. The third kappa shape index (κ3) is 5.03. The Bertz CT molecular complexity index is 1260. The van der Waals surface area contributed by atoms with E-state index in [4.69, 9.17) is 16.3 Å². The Morgan fingerprint density at radius 3 is 2.55 bits per heavy atom. The van der Waals surface area contributed by atoms with Crippen molar-refractivity contribution in [1.82, 2.24) is 14.9 Å². The summed E-state index contributed by atoms with van der Waals surface area (Å²) in [7, 11) is -3.98. The molecule has 0 saturated carbocycles. The van der Waals surface area contributed by atoms with Crippen molar-refractivity contribution in [2.45, 2.75) is 49.1 Å². The van der Waals surface area contributed by atoms with Gasteiger partial charge in [0, 0.05) is 22.6 Å². The number of para-hydroxylation sites is 1. The Kier molecular flexibility index (Phi) is 6.71. The average Bonchev–Trinajstić information content (AvgIpc) is 3.28. The SMILES string of the molecule is CCC1(CC)C[C@H](NS(=O)(=O)c2nnc(NC(=O)c3ccc(Cl)cc3)s2)c2ccccc2O1. The van der Waals surface area contributed by atoms with Gasteiger partial charge in [0.25, 0.3) is 15.9 Å². The molecule has 0 spiro atoms. The van der Waals surface area contributed by atoms with E-state index in [-0.39, 0.29) is 9.47 Å². The van der Waals surface area contributed by atoms with Crippen LogP contribution in [0.2, 0.25) is 5.02 Å². The molecule has 0 fully saturated rings. The second kappa shape index (κ2) is 9.38. The molecule has 1 aromatic heterocycles. The van der Waals surface area contributed by atoms with Crippen LogP contribution in [-0.4, -0.2) is 30.1 Å². The molecule has 11 heteroatoms. The molecule has 0 radical (unpaired) electrons. The fraction of sp³-hybridized carbons (Fsp3) is 0.318. The smallest absolute Gasteiger partial charge is 0.270 e. The summed E-state index contributed by atoms with van der Waals surface area (Å²) in [4.78, 5) is 12.4. The minimum absolute atomic E-state index is 0.0826. The molecule has 4 rings (SSSR count). The highest BCUT2D eigenvalue weighted by Gasteiger charge is 2.40. The summed E-state index contributed by atoms with van der Waals surface area (Å²) in [5.41, 5.74) is 0.686. The first kappa shape index (κ1) is 23.6. The van der Waals surface area contributed by atoms with Crippen molar-refractivity contribution < 1.29 is 17.9 Å². The number of hydrogen-bond donors (Lipinski definition) is 2. The van der Waals surface area contributed by atoms with E-state index in [9.17, 15) is 13.2 Å². The summed E-state index contributed by atoms with van der Waals surface area (Å²) < 4.78 is 35.1. The first-order chi connectivity index (χ1) is 15.7. The number of ether oxygens (including phenoxy) is 1. The van der Waals surface area contributed by atoms with E-state index >= 15 is 0 Å². The van der Waals surface area contributed by atoms with Gasteiger partial charge >= 0.3 is 0 Å². The highest BCUT2D eigenvalue weighted by atomic mass is 35.5. The van der Waals surface area contributed by atoms with Crippen LogP contribution in [-0.2, 0) is 10.0 Å². The largest absolute Gasteiger partial charge is 0.487 e. The van der Waals surface area contributed by atoms with Crippen molar-refractivity contribution in [1.29, 1.82) is 0 Å². The van der Waals surface area contributed by atoms with Gasteiger partial charge in [-0.3, -0.25) is 10.1 Å². The Morgan fingerprint density at radius 1 is 1.15 bits per heavy atom. The average molecular weight is 507 g/mol. The minimum atomic E-state index is -3.98. The van der Waals surface area contributed by atoms with Crippen LogP contribution in [0.4, 0.5) is 5.13 Å². The lowest BCUT2D eigenvalue weighted by atomic mass is 9.84. The molecule has 0 aliphatic carbocycles. The molecular formula is C22H23ClN4O4S2. The number of benzene rings is 2. The summed E-state index contributed by atoms with van der Waals surface area (Å²) in [5.74, 6) is 0.238. The van der Waals surface area contributed by atoms with Crippen molar-refractivity contribution in [3.8, 4) is 5.75 Å². The number of amides is 1. The zero-order chi connectivity index (χ0) is 23.6. The lowest BCUT2D eigenvalue weighted by Gasteiger charge is -2.41. The fourth-order valence-electron chi connectivity index (χ4n) is 3.78. The van der Waals surface area contributed by atoms with E-state index in [0.29, 0.717) is 22.8 Å². The molecule has 2 heterocycles. The first-order valence-electron chi connectivity index (χ1n) is 10.5. The summed E-state index contributed by atoms with van der Waals surface area (Å²) in [6, 6.07) is 13.3. The second-order valence-corrected chi connectivity index (χ2v) is 11.0. The van der Waals surface area contributed by atoms with Gasteiger partial charge in [0.1, 0.15) is 11.4 Å². The van der Waals surface area contributed by atoms with Crippen LogP contribution < -0.4 is 14.8 Å². The van der Waals surface area contributed by atoms with Crippen LogP contribution >= 0.6 is 22.9 Å². The molecule has 0 unspecified atom stereocenters. The number of carbonyl (C=O) groups is 1. The van der Waals surface area contributed by atoms with Gasteiger partial charge in [-0.1, -0.05) is 55.0 Å². The molecule has 33 heavy (non-hydrogen) atoms. The molecule has 2 N–H and O–H groups in total. The maximum absolute atomic E-state index is 13.1. The number of halogens is 1. The summed E-state index contributed by atoms with van der Waals surface area (Å²) in [6.45, 7) is 4.06. The molecule has 1 atom stereocenters. The molecule has 174 valence electrons. The number of aromatic nitrogens is 2. The van der Waals surface area contributed by atoms with Gasteiger partial charge in [-0.2, -0.15) is 0 Å². The molecule has 2 aromatic carbocycles. The van der Waals surface area contributed by atoms with E-state index in [2.05, 4.69) is 20.2 Å². The Balaban J connectivity index is 1.54. The van der Waals surface area contributed by atoms with E-state index in [1.54, 1.807) is 24.3 Å². The summed E-state index contributed by atoms with van der Waals surface area (Å²) >= 11 is 6.63. The Labute approximate surface area is 201 Å². The number of sulfonamides is 1. The lowest BCUT2D eigenvalue weighted by Crippen LogP contribution is -2.44. The standard InChI is InChI=1S/C22H23ClN4O4S2/c1-3-22(4-2)13-17(16-7-5-6-8-18(16)31-22)27-33(29,30)21-26-25-20(32-21)24-19(28)14-9-11-15(23)12-10-14/h5-12,17,27H,3-4,13H2,1-2H3,(H,24,25,28)/t17-/m0/s1. The second-order valence-electron chi connectivity index (χ2n) is 7.74. The topological polar surface area (TPSA) is 110 Å². The molecule has 8 nitrogen and oxygen atoms in total. The van der Waals surface area contributed by atoms with Gasteiger partial charge in [0.15, 0.2) is 0 Å². The molecule has 0 saturated heterocycles. The van der Waals surface area contributed by atoms with Gasteiger partial charge in [0.2, 0.25) is 9.47 Å². The van der Waals surface area contributed by atoms with Crippen LogP contribution in [0.1, 0.15) is 55.1 Å². The molecule has 1 aliphatic rings. The van der Waals surface area contributed by atoms with Crippen LogP contribution in [0.25, 0.3) is 0 Å². The molecule has 1 aliphatic heterocycles. The van der Waals surface area contributed by atoms with E-state index < -0.39 is 27.6 Å². The predicted octanol–water partition coefficient (Wildman–Crippen LogP) is 4.80. The fourth-order valence-corrected chi connectivity index (χ4v) is 6.04. The van der Waals surface area contributed by atoms with Crippen LogP contribution in [0.5, 0.6) is 5.75 Å². The molecular weight excluding hydrogens is 484 g/mol. The number of hydrogen-bond acceptors (Lipinski definition) is 7. The van der Waals surface area contributed by atoms with Crippen LogP contribution in [0.3, 0.4) is 0 Å². The van der Waals surface area contributed by atoms with Gasteiger partial charge in [-0.05, 0) is 43.2 Å². The highest BCUT2D eigenvalue weighted by molar-refractivity contribution is 7.91. The number of carbonyl (C=O) groups excluding carboxylic acids is 1. The Hall–Kier alpha value is -2.53. The number of nitrogens with zero attached hydrogens (tertiary/aromatic N) is 2. The van der Waals surface area contributed by atoms with Gasteiger partial charge in [0.05, 0.1) is 6.04 Å². The third-order valence-electron chi connectivity index (χ3n) is 5.75. The number of rotatable bonds is 7. The third-order valence-corrected chi connectivity index (χ3v) is 8.68. The maximum Gasteiger partial charge on any atom is 0.270 e. The van der Waals surface area contributed by atoms with Crippen molar-refractivity contribution in [3.63, 3.8) is 0 Å². The van der Waals surface area contributed by atoms with E-state index in [1.807, 2.05) is 38.1 Å². The highest BCUT2D eigenvalue weighted by Crippen LogP contribution is 2.43. The Morgan fingerprint density at radius 2 is 1.85 bits per heavy atom.